The number of hydrogen-bond donors (Lipinski definition) is 1. The molecule has 0 bridgehead atoms. The van der Waals surface area contributed by atoms with Crippen molar-refractivity contribution in [3.63, 3.8) is 0 Å². The zero-order valence-corrected chi connectivity index (χ0v) is 12.6. The average Bonchev–Trinajstić information content (AvgIpc) is 2.37. The van der Waals surface area contributed by atoms with Gasteiger partial charge >= 0.3 is 0 Å². The Kier molecular flexibility index (Phi) is 3.94. The number of aliphatic hydroxyl groups is 1. The lowest BCUT2D eigenvalue weighted by Crippen LogP contribution is -2.56. The van der Waals surface area contributed by atoms with E-state index in [1.54, 1.807) is 0 Å². The van der Waals surface area contributed by atoms with Gasteiger partial charge in [-0.05, 0) is 37.0 Å². The molecule has 2 fully saturated rings. The Morgan fingerprint density at radius 2 is 2.26 bits per heavy atom. The van der Waals surface area contributed by atoms with Crippen LogP contribution >= 0.6 is 15.9 Å². The van der Waals surface area contributed by atoms with Gasteiger partial charge in [-0.3, -0.25) is 4.90 Å². The summed E-state index contributed by atoms with van der Waals surface area (Å²) in [7, 11) is 0. The van der Waals surface area contributed by atoms with Gasteiger partial charge in [-0.1, -0.05) is 28.1 Å². The molecule has 1 heterocycles. The molecule has 19 heavy (non-hydrogen) atoms. The molecule has 4 heteroatoms. The minimum absolute atomic E-state index is 0.106. The van der Waals surface area contributed by atoms with Crippen molar-refractivity contribution < 1.29 is 9.84 Å². The lowest BCUT2D eigenvalue weighted by Gasteiger charge is -2.48. The number of hydrogen-bond acceptors (Lipinski definition) is 3. The molecule has 3 nitrogen and oxygen atoms in total. The van der Waals surface area contributed by atoms with Crippen LogP contribution < -0.4 is 0 Å². The van der Waals surface area contributed by atoms with Crippen molar-refractivity contribution in [2.24, 2.45) is 0 Å². The number of morpholine rings is 1. The van der Waals surface area contributed by atoms with Crippen molar-refractivity contribution >= 4 is 15.9 Å². The van der Waals surface area contributed by atoms with Crippen LogP contribution in [0.25, 0.3) is 0 Å². The second kappa shape index (κ2) is 5.52. The molecule has 3 rings (SSSR count). The predicted octanol–water partition coefficient (Wildman–Crippen LogP) is 2.74. The molecule has 1 saturated heterocycles. The predicted molar refractivity (Wildman–Crippen MR) is 78.1 cm³/mol. The van der Waals surface area contributed by atoms with E-state index >= 15 is 0 Å². The number of ether oxygens (including phenoxy) is 1. The van der Waals surface area contributed by atoms with E-state index in [1.165, 1.54) is 19.3 Å². The first kappa shape index (κ1) is 13.6. The van der Waals surface area contributed by atoms with Gasteiger partial charge in [-0.15, -0.1) is 0 Å². The van der Waals surface area contributed by atoms with Crippen LogP contribution in [-0.4, -0.2) is 41.8 Å². The topological polar surface area (TPSA) is 32.7 Å². The number of rotatable bonds is 3. The molecular weight excluding hydrogens is 306 g/mol. The first-order valence-corrected chi connectivity index (χ1v) is 7.76. The van der Waals surface area contributed by atoms with Crippen molar-refractivity contribution in [1.29, 1.82) is 0 Å². The van der Waals surface area contributed by atoms with Gasteiger partial charge in [0.05, 0.1) is 18.3 Å². The third-order valence-electron chi connectivity index (χ3n) is 4.26. The van der Waals surface area contributed by atoms with E-state index in [1.807, 2.05) is 24.3 Å². The van der Waals surface area contributed by atoms with E-state index in [4.69, 9.17) is 4.74 Å². The van der Waals surface area contributed by atoms with Gasteiger partial charge in [0.2, 0.25) is 0 Å². The van der Waals surface area contributed by atoms with E-state index in [-0.39, 0.29) is 5.60 Å². The summed E-state index contributed by atoms with van der Waals surface area (Å²) < 4.78 is 6.92. The smallest absolute Gasteiger partial charge is 0.0917 e. The highest BCUT2D eigenvalue weighted by Gasteiger charge is 2.42. The number of β-amino-alcohol motifs (C(OH)–C–C–N with tert-alkyl or cyclic N) is 1. The molecule has 1 saturated carbocycles. The SMILES string of the molecule is OC(CN1CCOC2(CCC2)C1)c1cccc(Br)c1. The maximum absolute atomic E-state index is 10.4. The molecule has 104 valence electrons. The van der Waals surface area contributed by atoms with Crippen LogP contribution in [0.5, 0.6) is 0 Å². The Morgan fingerprint density at radius 1 is 1.42 bits per heavy atom. The van der Waals surface area contributed by atoms with Crippen molar-refractivity contribution in [2.45, 2.75) is 31.0 Å². The van der Waals surface area contributed by atoms with Gasteiger partial charge in [-0.25, -0.2) is 0 Å². The monoisotopic (exact) mass is 325 g/mol. The Hall–Kier alpha value is -0.420. The lowest BCUT2D eigenvalue weighted by atomic mass is 9.79. The fourth-order valence-corrected chi connectivity index (χ4v) is 3.43. The van der Waals surface area contributed by atoms with Crippen molar-refractivity contribution in [3.8, 4) is 0 Å². The molecule has 0 amide bonds. The summed E-state index contributed by atoms with van der Waals surface area (Å²) in [5, 5.41) is 10.4. The third kappa shape index (κ3) is 3.02. The van der Waals surface area contributed by atoms with Gasteiger partial charge in [0.25, 0.3) is 0 Å². The second-order valence-corrected chi connectivity index (χ2v) is 6.61. The van der Waals surface area contributed by atoms with Crippen LogP contribution in [0.2, 0.25) is 0 Å². The molecule has 1 atom stereocenters. The molecule has 0 radical (unpaired) electrons. The Balaban J connectivity index is 1.61. The molecule has 2 aliphatic rings. The molecule has 1 aliphatic carbocycles. The summed E-state index contributed by atoms with van der Waals surface area (Å²) in [6.07, 6.45) is 3.21. The van der Waals surface area contributed by atoms with Crippen molar-refractivity contribution in [1.82, 2.24) is 4.90 Å². The number of benzene rings is 1. The van der Waals surface area contributed by atoms with Crippen LogP contribution in [0, 0.1) is 0 Å². The molecule has 1 aromatic carbocycles. The van der Waals surface area contributed by atoms with E-state index in [0.717, 1.165) is 29.7 Å². The van der Waals surface area contributed by atoms with Crippen LogP contribution in [0.4, 0.5) is 0 Å². The summed E-state index contributed by atoms with van der Waals surface area (Å²) in [5.41, 5.74) is 1.08. The van der Waals surface area contributed by atoms with Gasteiger partial charge in [0.15, 0.2) is 0 Å². The summed E-state index contributed by atoms with van der Waals surface area (Å²) in [5.74, 6) is 0. The summed E-state index contributed by atoms with van der Waals surface area (Å²) in [6, 6.07) is 7.92. The largest absolute Gasteiger partial charge is 0.387 e. The van der Waals surface area contributed by atoms with Crippen molar-refractivity contribution in [3.05, 3.63) is 34.3 Å². The van der Waals surface area contributed by atoms with E-state index in [9.17, 15) is 5.11 Å². The molecule has 1 aromatic rings. The van der Waals surface area contributed by atoms with Crippen LogP contribution in [0.15, 0.2) is 28.7 Å². The summed E-state index contributed by atoms with van der Waals surface area (Å²) in [6.45, 7) is 3.39. The molecular formula is C15H20BrNO2. The van der Waals surface area contributed by atoms with E-state index < -0.39 is 6.10 Å². The summed E-state index contributed by atoms with van der Waals surface area (Å²) in [4.78, 5) is 2.34. The Labute approximate surface area is 122 Å². The molecule has 1 aliphatic heterocycles. The average molecular weight is 326 g/mol. The quantitative estimate of drug-likeness (QED) is 0.927. The second-order valence-electron chi connectivity index (χ2n) is 5.69. The molecule has 1 N–H and O–H groups in total. The maximum atomic E-state index is 10.4. The standard InChI is InChI=1S/C15H20BrNO2/c16-13-4-1-3-12(9-13)14(18)10-17-7-8-19-15(11-17)5-2-6-15/h1,3-4,9,14,18H,2,5-8,10-11H2. The van der Waals surface area contributed by atoms with Gasteiger partial charge in [-0.2, -0.15) is 0 Å². The third-order valence-corrected chi connectivity index (χ3v) is 4.75. The van der Waals surface area contributed by atoms with Crippen LogP contribution in [-0.2, 0) is 4.74 Å². The molecule has 1 spiro atoms. The lowest BCUT2D eigenvalue weighted by molar-refractivity contribution is -0.155. The van der Waals surface area contributed by atoms with Crippen molar-refractivity contribution in [2.75, 3.05) is 26.2 Å². The first-order chi connectivity index (χ1) is 9.17. The summed E-state index contributed by atoms with van der Waals surface area (Å²) >= 11 is 3.45. The highest BCUT2D eigenvalue weighted by Crippen LogP contribution is 2.38. The molecule has 0 aromatic heterocycles. The first-order valence-electron chi connectivity index (χ1n) is 6.97. The fourth-order valence-electron chi connectivity index (χ4n) is 3.02. The molecule has 1 unspecified atom stereocenters. The van der Waals surface area contributed by atoms with E-state index in [2.05, 4.69) is 20.8 Å². The Morgan fingerprint density at radius 3 is 2.95 bits per heavy atom. The minimum Gasteiger partial charge on any atom is -0.387 e. The fraction of sp³-hybridized carbons (Fsp3) is 0.600. The normalized spacial score (nSPS) is 24.1. The highest BCUT2D eigenvalue weighted by molar-refractivity contribution is 9.10. The van der Waals surface area contributed by atoms with Crippen LogP contribution in [0.1, 0.15) is 30.9 Å². The van der Waals surface area contributed by atoms with E-state index in [0.29, 0.717) is 6.54 Å². The number of aliphatic hydroxyl groups excluding tert-OH is 1. The maximum Gasteiger partial charge on any atom is 0.0917 e. The minimum atomic E-state index is -0.423. The number of nitrogens with zero attached hydrogens (tertiary/aromatic N) is 1. The highest BCUT2D eigenvalue weighted by atomic mass is 79.9. The van der Waals surface area contributed by atoms with Gasteiger partial charge < -0.3 is 9.84 Å². The Bertz CT molecular complexity index is 448. The van der Waals surface area contributed by atoms with Gasteiger partial charge in [0, 0.05) is 24.1 Å². The number of halogens is 1. The zero-order valence-electron chi connectivity index (χ0n) is 11.0. The van der Waals surface area contributed by atoms with Crippen LogP contribution in [0.3, 0.4) is 0 Å². The van der Waals surface area contributed by atoms with Gasteiger partial charge in [0.1, 0.15) is 0 Å². The zero-order chi connectivity index (χ0) is 13.3.